The summed E-state index contributed by atoms with van der Waals surface area (Å²) in [6, 6.07) is 0.963. The first kappa shape index (κ1) is 15.4. The number of nitrogens with zero attached hydrogens (tertiary/aromatic N) is 3. The van der Waals surface area contributed by atoms with Crippen LogP contribution >= 0.6 is 0 Å². The summed E-state index contributed by atoms with van der Waals surface area (Å²) in [5, 5.41) is 3.14. The Balaban J connectivity index is 1.55. The van der Waals surface area contributed by atoms with Crippen LogP contribution in [-0.2, 0) is 0 Å². The highest BCUT2D eigenvalue weighted by Gasteiger charge is 2.27. The van der Waals surface area contributed by atoms with Crippen molar-refractivity contribution in [3.63, 3.8) is 0 Å². The number of hydrogen-bond acceptors (Lipinski definition) is 4. The number of likely N-dealkylation sites (tertiary alicyclic amines) is 1. The number of nitrogens with one attached hydrogen (secondary N) is 1. The first-order chi connectivity index (χ1) is 10.8. The molecule has 1 N–H and O–H groups in total. The molecule has 1 unspecified atom stereocenters. The molecule has 1 saturated carbocycles. The zero-order valence-corrected chi connectivity index (χ0v) is 13.2. The average Bonchev–Trinajstić information content (AvgIpc) is 2.85. The number of piperidine rings is 1. The van der Waals surface area contributed by atoms with Crippen LogP contribution in [-0.4, -0.2) is 45.9 Å². The number of amides is 1. The first-order valence-electron chi connectivity index (χ1n) is 8.64. The maximum atomic E-state index is 12.2. The van der Waals surface area contributed by atoms with Gasteiger partial charge in [0.1, 0.15) is 5.69 Å². The molecule has 1 saturated heterocycles. The number of rotatable bonds is 3. The number of aromatic nitrogens is 2. The van der Waals surface area contributed by atoms with Gasteiger partial charge in [0.25, 0.3) is 5.91 Å². The molecule has 1 amide bonds. The molecular weight excluding hydrogens is 276 g/mol. The largest absolute Gasteiger partial charge is 0.347 e. The van der Waals surface area contributed by atoms with E-state index in [9.17, 15) is 4.79 Å². The van der Waals surface area contributed by atoms with E-state index in [-0.39, 0.29) is 11.9 Å². The van der Waals surface area contributed by atoms with Gasteiger partial charge < -0.3 is 5.32 Å². The van der Waals surface area contributed by atoms with Crippen LogP contribution in [0.5, 0.6) is 0 Å². The van der Waals surface area contributed by atoms with Crippen molar-refractivity contribution in [3.05, 3.63) is 24.3 Å². The summed E-state index contributed by atoms with van der Waals surface area (Å²) < 4.78 is 0. The number of carbonyl (C=O) groups is 1. The predicted molar refractivity (Wildman–Crippen MR) is 85.6 cm³/mol. The standard InChI is InChI=1S/C17H26N4O/c22-17(16-12-18-9-10-19-16)20-14-6-5-11-21(13-14)15-7-3-1-2-4-8-15/h9-10,12,14-15H,1-8,11,13H2,(H,20,22). The summed E-state index contributed by atoms with van der Waals surface area (Å²) >= 11 is 0. The Bertz CT molecular complexity index is 471. The highest BCUT2D eigenvalue weighted by Crippen LogP contribution is 2.24. The molecule has 120 valence electrons. The zero-order valence-electron chi connectivity index (χ0n) is 13.2. The van der Waals surface area contributed by atoms with Gasteiger partial charge in [-0.25, -0.2) is 4.98 Å². The molecule has 22 heavy (non-hydrogen) atoms. The molecule has 1 aromatic heterocycles. The highest BCUT2D eigenvalue weighted by molar-refractivity contribution is 5.92. The fraction of sp³-hybridized carbons (Fsp3) is 0.706. The van der Waals surface area contributed by atoms with E-state index in [4.69, 9.17) is 0 Å². The number of carbonyl (C=O) groups excluding carboxylic acids is 1. The van der Waals surface area contributed by atoms with Crippen LogP contribution in [0.3, 0.4) is 0 Å². The van der Waals surface area contributed by atoms with Crippen molar-refractivity contribution < 1.29 is 4.79 Å². The van der Waals surface area contributed by atoms with Gasteiger partial charge in [-0.3, -0.25) is 14.7 Å². The van der Waals surface area contributed by atoms with E-state index >= 15 is 0 Å². The van der Waals surface area contributed by atoms with Gasteiger partial charge in [0.05, 0.1) is 6.20 Å². The van der Waals surface area contributed by atoms with Gasteiger partial charge in [-0.2, -0.15) is 0 Å². The van der Waals surface area contributed by atoms with E-state index in [0.29, 0.717) is 5.69 Å². The van der Waals surface area contributed by atoms with Gasteiger partial charge in [-0.15, -0.1) is 0 Å². The molecule has 0 spiro atoms. The predicted octanol–water partition coefficient (Wildman–Crippen LogP) is 2.39. The summed E-state index contributed by atoms with van der Waals surface area (Å²) in [6.45, 7) is 2.17. The highest BCUT2D eigenvalue weighted by atomic mass is 16.1. The lowest BCUT2D eigenvalue weighted by Crippen LogP contribution is -2.51. The van der Waals surface area contributed by atoms with Gasteiger partial charge in [-0.05, 0) is 32.2 Å². The topological polar surface area (TPSA) is 58.1 Å². The van der Waals surface area contributed by atoms with Gasteiger partial charge in [0.2, 0.25) is 0 Å². The summed E-state index contributed by atoms with van der Waals surface area (Å²) in [6.07, 6.45) is 15.1. The van der Waals surface area contributed by atoms with Gasteiger partial charge in [-0.1, -0.05) is 25.7 Å². The van der Waals surface area contributed by atoms with E-state index in [1.54, 1.807) is 12.4 Å². The van der Waals surface area contributed by atoms with Crippen molar-refractivity contribution in [2.24, 2.45) is 0 Å². The lowest BCUT2D eigenvalue weighted by atomic mass is 10.00. The second kappa shape index (κ2) is 7.68. The van der Waals surface area contributed by atoms with Crippen molar-refractivity contribution in [3.8, 4) is 0 Å². The molecule has 2 fully saturated rings. The molecule has 2 aliphatic rings. The van der Waals surface area contributed by atoms with Gasteiger partial charge >= 0.3 is 0 Å². The first-order valence-corrected chi connectivity index (χ1v) is 8.64. The van der Waals surface area contributed by atoms with E-state index in [0.717, 1.165) is 19.0 Å². The molecule has 1 atom stereocenters. The van der Waals surface area contributed by atoms with Crippen molar-refractivity contribution in [1.29, 1.82) is 0 Å². The maximum Gasteiger partial charge on any atom is 0.271 e. The smallest absolute Gasteiger partial charge is 0.271 e. The van der Waals surface area contributed by atoms with Crippen LogP contribution in [0, 0.1) is 0 Å². The van der Waals surface area contributed by atoms with E-state index in [1.165, 1.54) is 57.7 Å². The second-order valence-electron chi connectivity index (χ2n) is 6.54. The molecule has 0 bridgehead atoms. The minimum atomic E-state index is -0.0965. The van der Waals surface area contributed by atoms with Crippen LogP contribution in [0.15, 0.2) is 18.6 Å². The molecule has 5 nitrogen and oxygen atoms in total. The fourth-order valence-corrected chi connectivity index (χ4v) is 3.75. The van der Waals surface area contributed by atoms with E-state index in [2.05, 4.69) is 20.2 Å². The fourth-order valence-electron chi connectivity index (χ4n) is 3.75. The Morgan fingerprint density at radius 1 is 1.09 bits per heavy atom. The average molecular weight is 302 g/mol. The van der Waals surface area contributed by atoms with Crippen LogP contribution < -0.4 is 5.32 Å². The van der Waals surface area contributed by atoms with Crippen molar-refractivity contribution in [1.82, 2.24) is 20.2 Å². The van der Waals surface area contributed by atoms with Crippen LogP contribution in [0.2, 0.25) is 0 Å². The summed E-state index contributed by atoms with van der Waals surface area (Å²) in [4.78, 5) is 22.9. The van der Waals surface area contributed by atoms with Crippen molar-refractivity contribution in [2.45, 2.75) is 63.5 Å². The van der Waals surface area contributed by atoms with Crippen molar-refractivity contribution >= 4 is 5.91 Å². The second-order valence-corrected chi connectivity index (χ2v) is 6.54. The minimum Gasteiger partial charge on any atom is -0.347 e. The zero-order chi connectivity index (χ0) is 15.2. The number of hydrogen-bond donors (Lipinski definition) is 1. The molecular formula is C17H26N4O. The molecule has 1 aliphatic carbocycles. The SMILES string of the molecule is O=C(NC1CCCN(C2CCCCCC2)C1)c1cnccn1. The molecule has 1 aromatic rings. The third kappa shape index (κ3) is 4.03. The monoisotopic (exact) mass is 302 g/mol. The normalized spacial score (nSPS) is 24.6. The summed E-state index contributed by atoms with van der Waals surface area (Å²) in [5.74, 6) is -0.0965. The minimum absolute atomic E-state index is 0.0965. The van der Waals surface area contributed by atoms with Crippen molar-refractivity contribution in [2.75, 3.05) is 13.1 Å². The summed E-state index contributed by atoms with van der Waals surface area (Å²) in [5.41, 5.74) is 0.411. The molecule has 1 aliphatic heterocycles. The third-order valence-electron chi connectivity index (χ3n) is 4.92. The quantitative estimate of drug-likeness (QED) is 0.871. The lowest BCUT2D eigenvalue weighted by Gasteiger charge is -2.38. The Hall–Kier alpha value is -1.49. The molecule has 5 heteroatoms. The van der Waals surface area contributed by atoms with Crippen LogP contribution in [0.4, 0.5) is 0 Å². The van der Waals surface area contributed by atoms with E-state index in [1.807, 2.05) is 0 Å². The molecule has 3 rings (SSSR count). The van der Waals surface area contributed by atoms with Crippen LogP contribution in [0.1, 0.15) is 61.9 Å². The summed E-state index contributed by atoms with van der Waals surface area (Å²) in [7, 11) is 0. The maximum absolute atomic E-state index is 12.2. The van der Waals surface area contributed by atoms with E-state index < -0.39 is 0 Å². The van der Waals surface area contributed by atoms with Gasteiger partial charge in [0.15, 0.2) is 0 Å². The molecule has 0 aromatic carbocycles. The molecule has 2 heterocycles. The van der Waals surface area contributed by atoms with Crippen LogP contribution in [0.25, 0.3) is 0 Å². The Kier molecular flexibility index (Phi) is 5.38. The Morgan fingerprint density at radius 2 is 1.91 bits per heavy atom. The van der Waals surface area contributed by atoms with Gasteiger partial charge in [0, 0.05) is 31.0 Å². The third-order valence-corrected chi connectivity index (χ3v) is 4.92. The molecule has 0 radical (unpaired) electrons. The lowest BCUT2D eigenvalue weighted by molar-refractivity contribution is 0.0855. The Labute approximate surface area is 132 Å². The Morgan fingerprint density at radius 3 is 2.64 bits per heavy atom.